The van der Waals surface area contributed by atoms with Gasteiger partial charge in [0.1, 0.15) is 5.76 Å². The van der Waals surface area contributed by atoms with Gasteiger partial charge >= 0.3 is 0 Å². The molecule has 1 aliphatic heterocycles. The summed E-state index contributed by atoms with van der Waals surface area (Å²) in [7, 11) is 0. The first-order valence-corrected chi connectivity index (χ1v) is 11.4. The van der Waals surface area contributed by atoms with Crippen molar-refractivity contribution >= 4 is 29.0 Å². The van der Waals surface area contributed by atoms with Crippen LogP contribution < -0.4 is 4.90 Å². The van der Waals surface area contributed by atoms with E-state index in [4.69, 9.17) is 8.94 Å². The Labute approximate surface area is 175 Å². The van der Waals surface area contributed by atoms with Gasteiger partial charge in [-0.1, -0.05) is 23.0 Å². The maximum atomic E-state index is 5.57. The topological polar surface area (TPSA) is 86.0 Å². The Morgan fingerprint density at radius 3 is 2.83 bits per heavy atom. The number of hydrogen-bond acceptors (Lipinski definition) is 9. The van der Waals surface area contributed by atoms with E-state index in [1.54, 1.807) is 29.4 Å². The van der Waals surface area contributed by atoms with Gasteiger partial charge in [0.05, 0.1) is 23.4 Å². The first kappa shape index (κ1) is 18.4. The van der Waals surface area contributed by atoms with Crippen molar-refractivity contribution in [3.05, 3.63) is 47.5 Å². The van der Waals surface area contributed by atoms with Crippen molar-refractivity contribution in [2.75, 3.05) is 18.0 Å². The summed E-state index contributed by atoms with van der Waals surface area (Å²) in [5.74, 6) is 3.54. The van der Waals surface area contributed by atoms with Crippen LogP contribution >= 0.6 is 23.1 Å². The van der Waals surface area contributed by atoms with Gasteiger partial charge < -0.3 is 13.8 Å². The molecule has 0 bridgehead atoms. The second-order valence-electron chi connectivity index (χ2n) is 6.78. The van der Waals surface area contributed by atoms with Crippen molar-refractivity contribution in [1.29, 1.82) is 0 Å². The van der Waals surface area contributed by atoms with Gasteiger partial charge in [-0.15, -0.1) is 21.5 Å². The van der Waals surface area contributed by atoms with Gasteiger partial charge in [-0.2, -0.15) is 4.98 Å². The SMILES string of the molecule is c1coc(Cn2c(SCc3noc(-c4cccs4)n3)nnc2N2CCCCC2)c1. The Balaban J connectivity index is 1.35. The lowest BCUT2D eigenvalue weighted by Gasteiger charge is -2.27. The fourth-order valence-corrected chi connectivity index (χ4v) is 4.78. The summed E-state index contributed by atoms with van der Waals surface area (Å²) in [6.45, 7) is 2.62. The highest BCUT2D eigenvalue weighted by Gasteiger charge is 2.22. The molecule has 1 aliphatic rings. The lowest BCUT2D eigenvalue weighted by molar-refractivity contribution is 0.426. The maximum absolute atomic E-state index is 5.57. The van der Waals surface area contributed by atoms with E-state index in [0.29, 0.717) is 24.0 Å². The minimum absolute atomic E-state index is 0.557. The van der Waals surface area contributed by atoms with Crippen molar-refractivity contribution in [2.24, 2.45) is 0 Å². The van der Waals surface area contributed by atoms with E-state index in [2.05, 4.69) is 29.8 Å². The minimum Gasteiger partial charge on any atom is -0.467 e. The number of hydrogen-bond donors (Lipinski definition) is 0. The van der Waals surface area contributed by atoms with E-state index < -0.39 is 0 Å². The van der Waals surface area contributed by atoms with E-state index in [1.165, 1.54) is 19.3 Å². The highest BCUT2D eigenvalue weighted by atomic mass is 32.2. The molecule has 0 atom stereocenters. The molecule has 0 unspecified atom stereocenters. The normalized spacial score (nSPS) is 14.6. The lowest BCUT2D eigenvalue weighted by Crippen LogP contribution is -2.32. The smallest absolute Gasteiger partial charge is 0.268 e. The molecule has 1 saturated heterocycles. The molecule has 0 spiro atoms. The van der Waals surface area contributed by atoms with E-state index in [9.17, 15) is 0 Å². The van der Waals surface area contributed by atoms with Crippen LogP contribution in [0.1, 0.15) is 30.8 Å². The van der Waals surface area contributed by atoms with Crippen molar-refractivity contribution in [2.45, 2.75) is 36.7 Å². The molecule has 4 aromatic rings. The molecule has 4 aromatic heterocycles. The molecule has 0 amide bonds. The quantitative estimate of drug-likeness (QED) is 0.403. The van der Waals surface area contributed by atoms with Crippen LogP contribution in [0, 0.1) is 0 Å². The average Bonchev–Trinajstić information content (AvgIpc) is 3.55. The molecule has 5 rings (SSSR count). The Morgan fingerprint density at radius 2 is 2.03 bits per heavy atom. The number of nitrogens with zero attached hydrogens (tertiary/aromatic N) is 6. The fourth-order valence-electron chi connectivity index (χ4n) is 3.35. The predicted molar refractivity (Wildman–Crippen MR) is 111 cm³/mol. The third-order valence-corrected chi connectivity index (χ3v) is 6.58. The largest absolute Gasteiger partial charge is 0.467 e. The van der Waals surface area contributed by atoms with Crippen molar-refractivity contribution in [3.63, 3.8) is 0 Å². The lowest BCUT2D eigenvalue weighted by atomic mass is 10.1. The van der Waals surface area contributed by atoms with Crippen LogP contribution in [0.2, 0.25) is 0 Å². The zero-order valence-electron chi connectivity index (χ0n) is 15.7. The van der Waals surface area contributed by atoms with Gasteiger partial charge in [0.25, 0.3) is 5.89 Å². The summed E-state index contributed by atoms with van der Waals surface area (Å²) in [6.07, 6.45) is 5.34. The highest BCUT2D eigenvalue weighted by Crippen LogP contribution is 2.28. The third kappa shape index (κ3) is 4.08. The molecule has 0 saturated carbocycles. The van der Waals surface area contributed by atoms with Crippen LogP contribution in [0.15, 0.2) is 50.0 Å². The fraction of sp³-hybridized carbons (Fsp3) is 0.368. The second-order valence-corrected chi connectivity index (χ2v) is 8.67. The third-order valence-electron chi connectivity index (χ3n) is 4.76. The maximum Gasteiger partial charge on any atom is 0.268 e. The van der Waals surface area contributed by atoms with Crippen LogP contribution in [0.5, 0.6) is 0 Å². The summed E-state index contributed by atoms with van der Waals surface area (Å²) >= 11 is 3.14. The first-order valence-electron chi connectivity index (χ1n) is 9.56. The number of aromatic nitrogens is 5. The van der Waals surface area contributed by atoms with E-state index in [1.807, 2.05) is 29.6 Å². The number of anilines is 1. The van der Waals surface area contributed by atoms with Gasteiger partial charge in [0.2, 0.25) is 5.95 Å². The molecular weight excluding hydrogens is 408 g/mol. The summed E-state index contributed by atoms with van der Waals surface area (Å²) in [5.41, 5.74) is 0. The molecule has 150 valence electrons. The van der Waals surface area contributed by atoms with Crippen LogP contribution in [-0.2, 0) is 12.3 Å². The van der Waals surface area contributed by atoms with Crippen LogP contribution in [0.4, 0.5) is 5.95 Å². The van der Waals surface area contributed by atoms with E-state index in [0.717, 1.165) is 34.8 Å². The zero-order valence-corrected chi connectivity index (χ0v) is 17.4. The van der Waals surface area contributed by atoms with Gasteiger partial charge in [-0.25, -0.2) is 0 Å². The summed E-state index contributed by atoms with van der Waals surface area (Å²) in [5, 5.41) is 15.9. The summed E-state index contributed by atoms with van der Waals surface area (Å²) in [4.78, 5) is 7.78. The minimum atomic E-state index is 0.557. The van der Waals surface area contributed by atoms with Gasteiger partial charge in [0.15, 0.2) is 11.0 Å². The molecule has 8 nitrogen and oxygen atoms in total. The zero-order chi connectivity index (χ0) is 19.5. The van der Waals surface area contributed by atoms with Gasteiger partial charge in [-0.05, 0) is 42.8 Å². The summed E-state index contributed by atoms with van der Waals surface area (Å²) in [6, 6.07) is 7.82. The van der Waals surface area contributed by atoms with E-state index in [-0.39, 0.29) is 0 Å². The molecule has 0 aliphatic carbocycles. The molecule has 29 heavy (non-hydrogen) atoms. The van der Waals surface area contributed by atoms with E-state index >= 15 is 0 Å². The molecule has 1 fully saturated rings. The van der Waals surface area contributed by atoms with Gasteiger partial charge in [0, 0.05) is 13.1 Å². The number of rotatable bonds is 7. The van der Waals surface area contributed by atoms with Crippen LogP contribution in [0.3, 0.4) is 0 Å². The van der Waals surface area contributed by atoms with Crippen molar-refractivity contribution in [3.8, 4) is 10.8 Å². The highest BCUT2D eigenvalue weighted by molar-refractivity contribution is 7.98. The Kier molecular flexibility index (Phi) is 5.35. The molecule has 10 heteroatoms. The Hall–Kier alpha value is -2.59. The Morgan fingerprint density at radius 1 is 1.10 bits per heavy atom. The second kappa shape index (κ2) is 8.42. The van der Waals surface area contributed by atoms with Gasteiger partial charge in [-0.3, -0.25) is 4.57 Å². The number of thioether (sulfide) groups is 1. The average molecular weight is 429 g/mol. The van der Waals surface area contributed by atoms with Crippen LogP contribution in [0.25, 0.3) is 10.8 Å². The molecule has 0 N–H and O–H groups in total. The standard InChI is InChI=1S/C19H20N6O2S2/c1-2-8-24(9-3-1)18-21-22-19(25(18)12-14-6-4-10-26-14)29-13-16-20-17(27-23-16)15-7-5-11-28-15/h4-7,10-11H,1-3,8-9,12-13H2. The molecule has 0 radical (unpaired) electrons. The molecule has 0 aromatic carbocycles. The van der Waals surface area contributed by atoms with Crippen molar-refractivity contribution in [1.82, 2.24) is 24.9 Å². The Bertz CT molecular complexity index is 1040. The number of thiophene rings is 1. The first-order chi connectivity index (χ1) is 14.4. The monoisotopic (exact) mass is 428 g/mol. The summed E-state index contributed by atoms with van der Waals surface area (Å²) < 4.78 is 13.1. The van der Waals surface area contributed by atoms with Crippen LogP contribution in [-0.4, -0.2) is 38.0 Å². The van der Waals surface area contributed by atoms with Crippen molar-refractivity contribution < 1.29 is 8.94 Å². The number of piperidine rings is 1. The number of furan rings is 1. The molecule has 5 heterocycles. The predicted octanol–water partition coefficient (Wildman–Crippen LogP) is 4.31. The molecular formula is C19H20N6O2S2.